The third-order valence-electron chi connectivity index (χ3n) is 4.55. The first-order valence-corrected chi connectivity index (χ1v) is 8.74. The van der Waals surface area contributed by atoms with Crippen molar-refractivity contribution in [3.8, 4) is 17.2 Å². The van der Waals surface area contributed by atoms with Gasteiger partial charge in [-0.05, 0) is 30.7 Å². The molecule has 0 saturated heterocycles. The molecule has 140 valence electrons. The molecule has 0 atom stereocenters. The number of carbonyl (C=O) groups is 1. The highest BCUT2D eigenvalue weighted by atomic mass is 16.5. The summed E-state index contributed by atoms with van der Waals surface area (Å²) < 4.78 is 16.1. The van der Waals surface area contributed by atoms with Gasteiger partial charge < -0.3 is 19.2 Å². The molecule has 0 amide bonds. The lowest BCUT2D eigenvalue weighted by molar-refractivity contribution is 0.103. The fraction of sp³-hybridized carbons (Fsp3) is 0.227. The van der Waals surface area contributed by atoms with Crippen molar-refractivity contribution in [2.75, 3.05) is 21.3 Å². The highest BCUT2D eigenvalue weighted by Gasteiger charge is 2.19. The number of benzene rings is 2. The van der Waals surface area contributed by atoms with Crippen molar-refractivity contribution < 1.29 is 19.0 Å². The molecule has 1 aromatic heterocycles. The lowest BCUT2D eigenvalue weighted by atomic mass is 9.98. The van der Waals surface area contributed by atoms with Gasteiger partial charge in [-0.1, -0.05) is 25.1 Å². The highest BCUT2D eigenvalue weighted by Crippen LogP contribution is 2.39. The topological polar surface area (TPSA) is 60.6 Å². The number of methoxy groups -OCH3 is 3. The van der Waals surface area contributed by atoms with Gasteiger partial charge in [-0.15, -0.1) is 0 Å². The first-order valence-electron chi connectivity index (χ1n) is 8.74. The summed E-state index contributed by atoms with van der Waals surface area (Å²) in [6.07, 6.45) is 4.46. The van der Waals surface area contributed by atoms with Crippen LogP contribution in [0.3, 0.4) is 0 Å². The fourth-order valence-corrected chi connectivity index (χ4v) is 3.13. The normalized spacial score (nSPS) is 11.5. The number of para-hydroxylation sites is 1. The number of rotatable bonds is 7. The molecule has 3 rings (SSSR count). The molecule has 0 aliphatic carbocycles. The number of aromatic nitrogens is 1. The predicted molar refractivity (Wildman–Crippen MR) is 107 cm³/mol. The van der Waals surface area contributed by atoms with Crippen molar-refractivity contribution in [1.29, 1.82) is 0 Å². The van der Waals surface area contributed by atoms with Gasteiger partial charge in [0.05, 0.1) is 21.3 Å². The molecular formula is C22H23NO4. The molecule has 5 nitrogen and oxygen atoms in total. The summed E-state index contributed by atoms with van der Waals surface area (Å²) in [5.74, 6) is 1.32. The third-order valence-corrected chi connectivity index (χ3v) is 4.55. The quantitative estimate of drug-likeness (QED) is 0.479. The second-order valence-corrected chi connectivity index (χ2v) is 6.06. The Labute approximate surface area is 158 Å². The van der Waals surface area contributed by atoms with Gasteiger partial charge in [0, 0.05) is 33.8 Å². The largest absolute Gasteiger partial charge is 0.493 e. The van der Waals surface area contributed by atoms with E-state index in [-0.39, 0.29) is 5.78 Å². The Morgan fingerprint density at radius 2 is 1.70 bits per heavy atom. The Bertz CT molecular complexity index is 975. The molecule has 0 unspecified atom stereocenters. The van der Waals surface area contributed by atoms with Crippen LogP contribution in [0.25, 0.3) is 17.0 Å². The number of aromatic amines is 1. The van der Waals surface area contributed by atoms with Crippen LogP contribution in [0.15, 0.2) is 48.2 Å². The van der Waals surface area contributed by atoms with E-state index < -0.39 is 0 Å². The van der Waals surface area contributed by atoms with Gasteiger partial charge in [-0.3, -0.25) is 4.79 Å². The van der Waals surface area contributed by atoms with Gasteiger partial charge >= 0.3 is 0 Å². The Hall–Kier alpha value is -3.21. The molecule has 1 N–H and O–H groups in total. The van der Waals surface area contributed by atoms with Crippen molar-refractivity contribution in [3.63, 3.8) is 0 Å². The number of Topliss-reactive ketones (excluding diaryl/α,β-unsaturated/α-hetero) is 1. The standard InChI is InChI=1S/C22H23NO4/c1-5-14(10-16-13-23-18-9-7-6-8-17(16)18)21(24)15-11-19(25-2)22(27-4)20(12-15)26-3/h6-13,23H,5H2,1-4H3/b14-10+. The molecule has 3 aromatic rings. The number of fused-ring (bicyclic) bond motifs is 1. The Morgan fingerprint density at radius 1 is 1.04 bits per heavy atom. The number of H-pyrrole nitrogens is 1. The van der Waals surface area contributed by atoms with E-state index in [9.17, 15) is 4.79 Å². The number of nitrogens with one attached hydrogen (secondary N) is 1. The summed E-state index contributed by atoms with van der Waals surface area (Å²) in [5.41, 5.74) is 3.23. The minimum atomic E-state index is -0.0676. The Kier molecular flexibility index (Phi) is 5.50. The van der Waals surface area contributed by atoms with Crippen LogP contribution in [0.2, 0.25) is 0 Å². The number of carbonyl (C=O) groups excluding carboxylic acids is 1. The van der Waals surface area contributed by atoms with E-state index in [0.717, 1.165) is 16.5 Å². The summed E-state index contributed by atoms with van der Waals surface area (Å²) in [6, 6.07) is 11.4. The molecular weight excluding hydrogens is 342 g/mol. The zero-order valence-electron chi connectivity index (χ0n) is 16.0. The second-order valence-electron chi connectivity index (χ2n) is 6.06. The fourth-order valence-electron chi connectivity index (χ4n) is 3.13. The lowest BCUT2D eigenvalue weighted by Crippen LogP contribution is -2.05. The van der Waals surface area contributed by atoms with Crippen molar-refractivity contribution in [2.24, 2.45) is 0 Å². The summed E-state index contributed by atoms with van der Waals surface area (Å²) in [7, 11) is 4.61. The van der Waals surface area contributed by atoms with Crippen molar-refractivity contribution in [1.82, 2.24) is 4.98 Å². The molecule has 27 heavy (non-hydrogen) atoms. The van der Waals surface area contributed by atoms with Gasteiger partial charge in [0.2, 0.25) is 5.75 Å². The van der Waals surface area contributed by atoms with Crippen LogP contribution in [-0.4, -0.2) is 32.1 Å². The van der Waals surface area contributed by atoms with Crippen LogP contribution in [0.4, 0.5) is 0 Å². The minimum absolute atomic E-state index is 0.0676. The van der Waals surface area contributed by atoms with E-state index in [1.165, 1.54) is 21.3 Å². The van der Waals surface area contributed by atoms with Crippen LogP contribution < -0.4 is 14.2 Å². The molecule has 0 spiro atoms. The van der Waals surface area contributed by atoms with Crippen LogP contribution >= 0.6 is 0 Å². The van der Waals surface area contributed by atoms with E-state index in [1.807, 2.05) is 43.5 Å². The van der Waals surface area contributed by atoms with Crippen LogP contribution in [0.5, 0.6) is 17.2 Å². The molecule has 0 aliphatic rings. The van der Waals surface area contributed by atoms with Crippen LogP contribution in [-0.2, 0) is 0 Å². The zero-order chi connectivity index (χ0) is 19.4. The van der Waals surface area contributed by atoms with E-state index in [2.05, 4.69) is 4.98 Å². The summed E-state index contributed by atoms with van der Waals surface area (Å²) in [5, 5.41) is 1.08. The van der Waals surface area contributed by atoms with E-state index in [4.69, 9.17) is 14.2 Å². The number of ether oxygens (including phenoxy) is 3. The molecule has 0 saturated carbocycles. The lowest BCUT2D eigenvalue weighted by Gasteiger charge is -2.14. The van der Waals surface area contributed by atoms with E-state index in [0.29, 0.717) is 34.8 Å². The number of allylic oxidation sites excluding steroid dienone is 1. The van der Waals surface area contributed by atoms with Gasteiger partial charge in [0.15, 0.2) is 17.3 Å². The smallest absolute Gasteiger partial charge is 0.203 e. The van der Waals surface area contributed by atoms with E-state index in [1.54, 1.807) is 12.1 Å². The molecule has 0 bridgehead atoms. The maximum atomic E-state index is 13.1. The number of hydrogen-bond acceptors (Lipinski definition) is 4. The van der Waals surface area contributed by atoms with E-state index >= 15 is 0 Å². The summed E-state index contributed by atoms with van der Waals surface area (Å²) >= 11 is 0. The average molecular weight is 365 g/mol. The molecule has 2 aromatic carbocycles. The molecule has 0 fully saturated rings. The Morgan fingerprint density at radius 3 is 2.30 bits per heavy atom. The van der Waals surface area contributed by atoms with Crippen molar-refractivity contribution >= 4 is 22.8 Å². The molecule has 0 aliphatic heterocycles. The van der Waals surface area contributed by atoms with Crippen molar-refractivity contribution in [3.05, 3.63) is 59.3 Å². The number of hydrogen-bond donors (Lipinski definition) is 1. The van der Waals surface area contributed by atoms with Crippen LogP contribution in [0, 0.1) is 0 Å². The zero-order valence-corrected chi connectivity index (χ0v) is 16.0. The molecule has 0 radical (unpaired) electrons. The SMILES string of the molecule is CC/C(=C\c1c[nH]c2ccccc12)C(=O)c1cc(OC)c(OC)c(OC)c1. The predicted octanol–water partition coefficient (Wildman–Crippen LogP) is 4.87. The van der Waals surface area contributed by atoms with Crippen LogP contribution in [0.1, 0.15) is 29.3 Å². The maximum Gasteiger partial charge on any atom is 0.203 e. The van der Waals surface area contributed by atoms with Gasteiger partial charge in [-0.25, -0.2) is 0 Å². The van der Waals surface area contributed by atoms with Gasteiger partial charge in [0.25, 0.3) is 0 Å². The van der Waals surface area contributed by atoms with Gasteiger partial charge in [0.1, 0.15) is 0 Å². The number of ketones is 1. The second kappa shape index (κ2) is 7.99. The monoisotopic (exact) mass is 365 g/mol. The average Bonchev–Trinajstić information content (AvgIpc) is 3.13. The molecule has 1 heterocycles. The third kappa shape index (κ3) is 3.53. The van der Waals surface area contributed by atoms with Gasteiger partial charge in [-0.2, -0.15) is 0 Å². The maximum absolute atomic E-state index is 13.1. The first kappa shape index (κ1) is 18.6. The highest BCUT2D eigenvalue weighted by molar-refractivity contribution is 6.12. The van der Waals surface area contributed by atoms with Crippen molar-refractivity contribution in [2.45, 2.75) is 13.3 Å². The summed E-state index contributed by atoms with van der Waals surface area (Å²) in [6.45, 7) is 1.97. The Balaban J connectivity index is 2.05. The molecule has 5 heteroatoms. The minimum Gasteiger partial charge on any atom is -0.493 e. The summed E-state index contributed by atoms with van der Waals surface area (Å²) in [4.78, 5) is 16.4. The first-order chi connectivity index (χ1) is 13.1.